The van der Waals surface area contributed by atoms with Crippen LogP contribution in [-0.2, 0) is 19.2 Å². The zero-order valence-corrected chi connectivity index (χ0v) is 44.6. The van der Waals surface area contributed by atoms with Crippen LogP contribution in [0.3, 0.4) is 0 Å². The van der Waals surface area contributed by atoms with E-state index >= 15 is 28.8 Å². The molecule has 77 heavy (non-hydrogen) atoms. The summed E-state index contributed by atoms with van der Waals surface area (Å²) in [5.74, 6) is -5.62. The molecule has 8 rings (SSSR count). The number of benzene rings is 4. The molecule has 19 heteroatoms. The maximum atomic E-state index is 16.3. The summed E-state index contributed by atoms with van der Waals surface area (Å²) in [7, 11) is 0. The number of alkyl halides is 5. The lowest BCUT2D eigenvalue weighted by atomic mass is 9.79. The van der Waals surface area contributed by atoms with Crippen molar-refractivity contribution in [2.45, 2.75) is 179 Å². The molecule has 2 atom stereocenters. The number of urea groups is 2. The fourth-order valence-electron chi connectivity index (χ4n) is 11.9. The van der Waals surface area contributed by atoms with Crippen LogP contribution in [0.5, 0.6) is 11.5 Å². The first kappa shape index (κ1) is 56.2. The summed E-state index contributed by atoms with van der Waals surface area (Å²) in [6, 6.07) is 13.6. The lowest BCUT2D eigenvalue weighted by molar-refractivity contribution is -0.274. The molecular weight excluding hydrogens is 1000 g/mol. The molecule has 412 valence electrons. The summed E-state index contributed by atoms with van der Waals surface area (Å²) in [5, 5.41) is 6.08. The monoisotopic (exact) mass is 1070 g/mol. The third-order valence-electron chi connectivity index (χ3n) is 15.5. The molecular formula is C58H67F5N6O8. The standard InChI is InChI=1S/C58H67F5N6O8/c1-33(2)41-17-15-18-42(34(3)4)45(41)64-49(70)47(66-51(72)56(29-11-9-12-30-56)68(54(66)74)37-21-25-39(26-22-37)76-53(59)60)48(50(71)65-46-43(35(5)6)19-16-20-44(46)36(7)8)67-52(73)57(31-13-10-14-32-57)69(55(67)75)38-23-27-40(28-24-38)77-58(61,62)63/h15-28,33-36,47-48,53H,9-14,29-32H2,1-8H3,(H,64,70)(H,65,71). The first-order chi connectivity index (χ1) is 36.4. The highest BCUT2D eigenvalue weighted by atomic mass is 19.4. The van der Waals surface area contributed by atoms with Crippen molar-refractivity contribution in [3.8, 4) is 11.5 Å². The highest BCUT2D eigenvalue weighted by Crippen LogP contribution is 2.49. The van der Waals surface area contributed by atoms with Gasteiger partial charge in [-0.15, -0.1) is 13.2 Å². The number of carbonyl (C=O) groups is 6. The second-order valence-electron chi connectivity index (χ2n) is 21.8. The number of hydrogen-bond acceptors (Lipinski definition) is 8. The average molecular weight is 1070 g/mol. The van der Waals surface area contributed by atoms with Crippen molar-refractivity contribution in [1.82, 2.24) is 9.80 Å². The van der Waals surface area contributed by atoms with Crippen LogP contribution in [0.2, 0.25) is 0 Å². The SMILES string of the molecule is CC(C)c1cccc(C(C)C)c1NC(=O)C(C(C(=O)Nc1c(C(C)C)cccc1C(C)C)N1C(=O)N(c2ccc(OC(F)(F)F)cc2)C2(CCCCC2)C1=O)N1C(=O)N(c2ccc(OC(F)F)cc2)C2(CCCCC2)C1=O. The van der Waals surface area contributed by atoms with Gasteiger partial charge >= 0.3 is 25.0 Å². The van der Waals surface area contributed by atoms with Gasteiger partial charge in [-0.05, 0) is 120 Å². The summed E-state index contributed by atoms with van der Waals surface area (Å²) < 4.78 is 75.9. The third kappa shape index (κ3) is 10.7. The summed E-state index contributed by atoms with van der Waals surface area (Å²) in [6.45, 7) is 12.1. The zero-order chi connectivity index (χ0) is 55.9. The van der Waals surface area contributed by atoms with Crippen LogP contribution in [0.1, 0.15) is 166 Å². The summed E-state index contributed by atoms with van der Waals surface area (Å²) in [5.41, 5.74) is -0.00615. The van der Waals surface area contributed by atoms with E-state index in [0.29, 0.717) is 82.0 Å². The van der Waals surface area contributed by atoms with Gasteiger partial charge in [-0.25, -0.2) is 19.4 Å². The first-order valence-corrected chi connectivity index (χ1v) is 26.6. The van der Waals surface area contributed by atoms with Crippen LogP contribution in [0.25, 0.3) is 0 Å². The Morgan fingerprint density at radius 1 is 0.506 bits per heavy atom. The molecule has 2 aliphatic heterocycles. The predicted molar refractivity (Wildman–Crippen MR) is 281 cm³/mol. The van der Waals surface area contributed by atoms with Crippen molar-refractivity contribution >= 4 is 58.4 Å². The Hall–Kier alpha value is -7.05. The molecule has 2 heterocycles. The molecule has 2 spiro atoms. The first-order valence-electron chi connectivity index (χ1n) is 26.6. The number of carbonyl (C=O) groups excluding carboxylic acids is 6. The van der Waals surface area contributed by atoms with Gasteiger partial charge in [-0.3, -0.25) is 29.0 Å². The Morgan fingerprint density at radius 2 is 0.831 bits per heavy atom. The van der Waals surface area contributed by atoms with E-state index in [9.17, 15) is 22.0 Å². The quantitative estimate of drug-likeness (QED) is 0.0829. The number of imide groups is 2. The number of nitrogens with zero attached hydrogens (tertiary/aromatic N) is 4. The van der Waals surface area contributed by atoms with E-state index in [-0.39, 0.29) is 66.5 Å². The van der Waals surface area contributed by atoms with Gasteiger partial charge in [0.2, 0.25) is 11.8 Å². The van der Waals surface area contributed by atoms with Crippen molar-refractivity contribution in [2.75, 3.05) is 20.4 Å². The lowest BCUT2D eigenvalue weighted by Crippen LogP contribution is -2.65. The molecule has 4 fully saturated rings. The lowest BCUT2D eigenvalue weighted by Gasteiger charge is -2.38. The number of anilines is 4. The molecule has 4 aliphatic rings. The van der Waals surface area contributed by atoms with E-state index < -0.39 is 77.6 Å². The molecule has 2 N–H and O–H groups in total. The van der Waals surface area contributed by atoms with Crippen molar-refractivity contribution in [1.29, 1.82) is 0 Å². The molecule has 2 aliphatic carbocycles. The molecule has 4 aromatic carbocycles. The number of hydrogen-bond donors (Lipinski definition) is 2. The van der Waals surface area contributed by atoms with Crippen molar-refractivity contribution in [3.05, 3.63) is 107 Å². The molecule has 0 aromatic heterocycles. The van der Waals surface area contributed by atoms with Crippen LogP contribution in [0.15, 0.2) is 84.9 Å². The van der Waals surface area contributed by atoms with Gasteiger partial charge in [0.25, 0.3) is 11.8 Å². The Morgan fingerprint density at radius 3 is 1.13 bits per heavy atom. The Labute approximate surface area is 445 Å². The second kappa shape index (κ2) is 22.1. The fourth-order valence-corrected chi connectivity index (χ4v) is 11.9. The van der Waals surface area contributed by atoms with E-state index in [1.165, 1.54) is 41.3 Å². The van der Waals surface area contributed by atoms with E-state index in [2.05, 4.69) is 20.1 Å². The van der Waals surface area contributed by atoms with Gasteiger partial charge < -0.3 is 20.1 Å². The van der Waals surface area contributed by atoms with Crippen molar-refractivity contribution in [2.24, 2.45) is 0 Å². The predicted octanol–water partition coefficient (Wildman–Crippen LogP) is 13.3. The third-order valence-corrected chi connectivity index (χ3v) is 15.5. The molecule has 0 radical (unpaired) electrons. The van der Waals surface area contributed by atoms with Crippen LogP contribution in [0.4, 0.5) is 54.3 Å². The minimum atomic E-state index is -5.05. The average Bonchev–Trinajstić information content (AvgIpc) is 3.77. The van der Waals surface area contributed by atoms with Crippen molar-refractivity contribution < 1.29 is 60.2 Å². The van der Waals surface area contributed by atoms with Gasteiger partial charge in [0.15, 0.2) is 12.1 Å². The van der Waals surface area contributed by atoms with Gasteiger partial charge in [0.05, 0.1) is 0 Å². The fraction of sp³-hybridized carbons (Fsp3) is 0.483. The number of halogens is 5. The van der Waals surface area contributed by atoms with E-state index in [4.69, 9.17) is 0 Å². The Balaban J connectivity index is 1.40. The number of ether oxygens (including phenoxy) is 2. The highest BCUT2D eigenvalue weighted by Gasteiger charge is 2.67. The van der Waals surface area contributed by atoms with Crippen LogP contribution in [0, 0.1) is 0 Å². The van der Waals surface area contributed by atoms with Crippen LogP contribution < -0.4 is 29.9 Å². The van der Waals surface area contributed by atoms with E-state index in [0.717, 1.165) is 17.0 Å². The summed E-state index contributed by atoms with van der Waals surface area (Å²) >= 11 is 0. The molecule has 14 nitrogen and oxygen atoms in total. The summed E-state index contributed by atoms with van der Waals surface area (Å²) in [4.78, 5) is 100. The van der Waals surface area contributed by atoms with Gasteiger partial charge in [-0.2, -0.15) is 8.78 Å². The molecule has 8 amide bonds. The second-order valence-corrected chi connectivity index (χ2v) is 21.8. The number of para-hydroxylation sites is 2. The molecule has 2 unspecified atom stereocenters. The van der Waals surface area contributed by atoms with Gasteiger partial charge in [-0.1, -0.05) is 130 Å². The minimum absolute atomic E-state index is 0.0120. The summed E-state index contributed by atoms with van der Waals surface area (Å²) in [6.07, 6.45) is -1.67. The molecule has 2 saturated carbocycles. The zero-order valence-electron chi connectivity index (χ0n) is 44.6. The van der Waals surface area contributed by atoms with Crippen LogP contribution >= 0.6 is 0 Å². The number of rotatable bonds is 16. The maximum absolute atomic E-state index is 16.3. The van der Waals surface area contributed by atoms with Crippen molar-refractivity contribution in [3.63, 3.8) is 0 Å². The molecule has 4 aromatic rings. The Bertz CT molecular complexity index is 2830. The largest absolute Gasteiger partial charge is 0.573 e. The van der Waals surface area contributed by atoms with Gasteiger partial charge in [0.1, 0.15) is 22.6 Å². The Kier molecular flexibility index (Phi) is 16.1. The number of nitrogens with one attached hydrogen (secondary N) is 2. The van der Waals surface area contributed by atoms with Crippen LogP contribution in [-0.4, -0.2) is 81.6 Å². The normalized spacial score (nSPS) is 18.5. The minimum Gasteiger partial charge on any atom is -0.435 e. The highest BCUT2D eigenvalue weighted by molar-refractivity contribution is 6.23. The molecule has 2 saturated heterocycles. The smallest absolute Gasteiger partial charge is 0.435 e. The maximum Gasteiger partial charge on any atom is 0.573 e. The molecule has 0 bridgehead atoms. The van der Waals surface area contributed by atoms with E-state index in [1.54, 1.807) is 0 Å². The van der Waals surface area contributed by atoms with E-state index in [1.807, 2.05) is 91.8 Å². The number of amides is 8. The topological polar surface area (TPSA) is 158 Å². The van der Waals surface area contributed by atoms with Gasteiger partial charge in [0, 0.05) is 22.7 Å².